The van der Waals surface area contributed by atoms with Gasteiger partial charge in [-0.1, -0.05) is 0 Å². The molecule has 1 aliphatic rings. The van der Waals surface area contributed by atoms with Crippen LogP contribution in [0.4, 0.5) is 5.69 Å². The Hall–Kier alpha value is -1.56. The second kappa shape index (κ2) is 5.21. The van der Waals surface area contributed by atoms with Gasteiger partial charge in [-0.3, -0.25) is 4.79 Å². The summed E-state index contributed by atoms with van der Waals surface area (Å²) in [4.78, 5) is 13.1. The van der Waals surface area contributed by atoms with Gasteiger partial charge in [-0.2, -0.15) is 0 Å². The first-order valence-electron chi connectivity index (χ1n) is 6.16. The molecule has 1 N–H and O–H groups in total. The molecule has 1 aliphatic heterocycles. The zero-order valence-corrected chi connectivity index (χ0v) is 11.6. The normalized spacial score (nSPS) is 19.6. The molecule has 5 nitrogen and oxygen atoms in total. The third-order valence-electron chi connectivity index (χ3n) is 3.38. The van der Waals surface area contributed by atoms with Crippen molar-refractivity contribution in [1.82, 2.24) is 0 Å². The molecule has 1 aromatic rings. The molecule has 0 spiro atoms. The van der Waals surface area contributed by atoms with Crippen LogP contribution < -0.4 is 4.90 Å². The van der Waals surface area contributed by atoms with E-state index >= 15 is 0 Å². The van der Waals surface area contributed by atoms with Crippen molar-refractivity contribution in [2.75, 3.05) is 17.7 Å². The van der Waals surface area contributed by atoms with Crippen molar-refractivity contribution in [2.45, 2.75) is 30.2 Å². The fourth-order valence-electron chi connectivity index (χ4n) is 2.47. The number of rotatable bonds is 4. The minimum atomic E-state index is -3.19. The second-order valence-electron chi connectivity index (χ2n) is 4.85. The maximum absolute atomic E-state index is 11.4. The molecule has 104 valence electrons. The molecule has 1 atom stereocenters. The molecule has 1 aromatic carbocycles. The predicted molar refractivity (Wildman–Crippen MR) is 72.2 cm³/mol. The van der Waals surface area contributed by atoms with E-state index in [2.05, 4.69) is 0 Å². The van der Waals surface area contributed by atoms with Gasteiger partial charge in [-0.15, -0.1) is 0 Å². The van der Waals surface area contributed by atoms with Crippen LogP contribution in [0.1, 0.15) is 19.3 Å². The van der Waals surface area contributed by atoms with Gasteiger partial charge in [0.25, 0.3) is 0 Å². The van der Waals surface area contributed by atoms with Crippen molar-refractivity contribution >= 4 is 21.5 Å². The summed E-state index contributed by atoms with van der Waals surface area (Å²) in [6.07, 6.45) is 3.12. The smallest absolute Gasteiger partial charge is 0.305 e. The molecule has 6 heteroatoms. The molecule has 0 aliphatic carbocycles. The fraction of sp³-hybridized carbons (Fsp3) is 0.462. The molecule has 1 saturated heterocycles. The number of carboxylic acid groups (broad SMARTS) is 1. The van der Waals surface area contributed by atoms with Crippen molar-refractivity contribution in [3.05, 3.63) is 24.3 Å². The zero-order chi connectivity index (χ0) is 14.0. The van der Waals surface area contributed by atoms with E-state index in [4.69, 9.17) is 5.11 Å². The Kier molecular flexibility index (Phi) is 3.80. The van der Waals surface area contributed by atoms with Crippen LogP contribution in [-0.4, -0.2) is 38.3 Å². The highest BCUT2D eigenvalue weighted by Crippen LogP contribution is 2.28. The van der Waals surface area contributed by atoms with Crippen LogP contribution in [0.5, 0.6) is 0 Å². The summed E-state index contributed by atoms with van der Waals surface area (Å²) in [7, 11) is -3.19. The largest absolute Gasteiger partial charge is 0.481 e. The van der Waals surface area contributed by atoms with Gasteiger partial charge < -0.3 is 10.0 Å². The quantitative estimate of drug-likeness (QED) is 0.907. The molecule has 1 heterocycles. The molecule has 0 bridgehead atoms. The molecule has 0 aromatic heterocycles. The van der Waals surface area contributed by atoms with Gasteiger partial charge >= 0.3 is 5.97 Å². The van der Waals surface area contributed by atoms with Gasteiger partial charge in [-0.05, 0) is 37.1 Å². The molecular formula is C13H17NO4S. The Labute approximate surface area is 112 Å². The van der Waals surface area contributed by atoms with Crippen molar-refractivity contribution < 1.29 is 18.3 Å². The summed E-state index contributed by atoms with van der Waals surface area (Å²) in [5, 5.41) is 8.88. The van der Waals surface area contributed by atoms with Gasteiger partial charge in [0.05, 0.1) is 11.3 Å². The number of carbonyl (C=O) groups is 1. The molecule has 0 saturated carbocycles. The second-order valence-corrected chi connectivity index (χ2v) is 6.87. The minimum Gasteiger partial charge on any atom is -0.481 e. The Morgan fingerprint density at radius 3 is 2.53 bits per heavy atom. The molecule has 19 heavy (non-hydrogen) atoms. The summed E-state index contributed by atoms with van der Waals surface area (Å²) < 4.78 is 22.8. The first-order chi connectivity index (χ1) is 8.88. The average molecular weight is 283 g/mol. The van der Waals surface area contributed by atoms with Gasteiger partial charge in [0.2, 0.25) is 0 Å². The third-order valence-corrected chi connectivity index (χ3v) is 4.51. The average Bonchev–Trinajstić information content (AvgIpc) is 2.75. The van der Waals surface area contributed by atoms with Crippen LogP contribution in [-0.2, 0) is 14.6 Å². The number of benzene rings is 1. The maximum Gasteiger partial charge on any atom is 0.305 e. The van der Waals surface area contributed by atoms with Gasteiger partial charge in [0.1, 0.15) is 0 Å². The SMILES string of the molecule is CS(=O)(=O)c1ccc(N2CCCC2CC(=O)O)cc1. The van der Waals surface area contributed by atoms with E-state index in [9.17, 15) is 13.2 Å². The number of carboxylic acids is 1. The number of nitrogens with zero attached hydrogens (tertiary/aromatic N) is 1. The Morgan fingerprint density at radius 1 is 1.37 bits per heavy atom. The van der Waals surface area contributed by atoms with E-state index in [0.29, 0.717) is 0 Å². The topological polar surface area (TPSA) is 74.7 Å². The van der Waals surface area contributed by atoms with Crippen LogP contribution in [0.2, 0.25) is 0 Å². The van der Waals surface area contributed by atoms with Crippen molar-refractivity contribution in [1.29, 1.82) is 0 Å². The lowest BCUT2D eigenvalue weighted by molar-refractivity contribution is -0.137. The number of anilines is 1. The lowest BCUT2D eigenvalue weighted by atomic mass is 10.1. The number of sulfone groups is 1. The highest BCUT2D eigenvalue weighted by Gasteiger charge is 2.26. The third kappa shape index (κ3) is 3.26. The first kappa shape index (κ1) is 13.9. The monoisotopic (exact) mass is 283 g/mol. The number of hydrogen-bond donors (Lipinski definition) is 1. The van der Waals surface area contributed by atoms with E-state index in [-0.39, 0.29) is 17.4 Å². The van der Waals surface area contributed by atoms with Crippen LogP contribution in [0.3, 0.4) is 0 Å². The predicted octanol–water partition coefficient (Wildman–Crippen LogP) is 1.53. The number of hydrogen-bond acceptors (Lipinski definition) is 4. The molecule has 0 radical (unpaired) electrons. The first-order valence-corrected chi connectivity index (χ1v) is 8.05. The van der Waals surface area contributed by atoms with E-state index in [0.717, 1.165) is 25.1 Å². The van der Waals surface area contributed by atoms with Crippen LogP contribution in [0.25, 0.3) is 0 Å². The van der Waals surface area contributed by atoms with Crippen molar-refractivity contribution in [3.63, 3.8) is 0 Å². The summed E-state index contributed by atoms with van der Waals surface area (Å²) in [5.41, 5.74) is 0.885. The standard InChI is InChI=1S/C13H17NO4S/c1-19(17,18)12-6-4-10(5-7-12)14-8-2-3-11(14)9-13(15)16/h4-7,11H,2-3,8-9H2,1H3,(H,15,16). The lowest BCUT2D eigenvalue weighted by Crippen LogP contribution is -2.31. The highest BCUT2D eigenvalue weighted by atomic mass is 32.2. The Morgan fingerprint density at radius 2 is 2.00 bits per heavy atom. The van der Waals surface area contributed by atoms with Gasteiger partial charge in [0, 0.05) is 24.5 Å². The zero-order valence-electron chi connectivity index (χ0n) is 10.7. The Bertz CT molecular complexity index is 565. The molecule has 1 unspecified atom stereocenters. The van der Waals surface area contributed by atoms with E-state index in [1.807, 2.05) is 4.90 Å². The maximum atomic E-state index is 11.4. The summed E-state index contributed by atoms with van der Waals surface area (Å²) >= 11 is 0. The van der Waals surface area contributed by atoms with Gasteiger partial charge in [-0.25, -0.2) is 8.42 Å². The van der Waals surface area contributed by atoms with E-state index < -0.39 is 15.8 Å². The summed E-state index contributed by atoms with van der Waals surface area (Å²) in [6, 6.07) is 6.64. The van der Waals surface area contributed by atoms with Crippen LogP contribution >= 0.6 is 0 Å². The molecule has 0 amide bonds. The van der Waals surface area contributed by atoms with Crippen LogP contribution in [0, 0.1) is 0 Å². The number of aliphatic carboxylic acids is 1. The fourth-order valence-corrected chi connectivity index (χ4v) is 3.10. The Balaban J connectivity index is 2.20. The summed E-state index contributed by atoms with van der Waals surface area (Å²) in [6.45, 7) is 0.816. The van der Waals surface area contributed by atoms with E-state index in [1.165, 1.54) is 6.26 Å². The van der Waals surface area contributed by atoms with Gasteiger partial charge in [0.15, 0.2) is 9.84 Å². The highest BCUT2D eigenvalue weighted by molar-refractivity contribution is 7.90. The summed E-state index contributed by atoms with van der Waals surface area (Å²) in [5.74, 6) is -0.801. The lowest BCUT2D eigenvalue weighted by Gasteiger charge is -2.25. The van der Waals surface area contributed by atoms with Crippen molar-refractivity contribution in [3.8, 4) is 0 Å². The van der Waals surface area contributed by atoms with Crippen LogP contribution in [0.15, 0.2) is 29.2 Å². The molecule has 2 rings (SSSR count). The molecular weight excluding hydrogens is 266 g/mol. The molecule has 1 fully saturated rings. The minimum absolute atomic E-state index is 0.00147. The van der Waals surface area contributed by atoms with E-state index in [1.54, 1.807) is 24.3 Å². The van der Waals surface area contributed by atoms with Crippen molar-refractivity contribution in [2.24, 2.45) is 0 Å².